The summed E-state index contributed by atoms with van der Waals surface area (Å²) in [7, 11) is 0. The molecular formula is C17H25N3O. The molecular weight excluding hydrogens is 262 g/mol. The van der Waals surface area contributed by atoms with Gasteiger partial charge in [-0.2, -0.15) is 0 Å². The van der Waals surface area contributed by atoms with Crippen molar-refractivity contribution >= 4 is 5.91 Å². The van der Waals surface area contributed by atoms with Gasteiger partial charge in [-0.25, -0.2) is 4.98 Å². The summed E-state index contributed by atoms with van der Waals surface area (Å²) >= 11 is 0. The maximum Gasteiger partial charge on any atom is 0.220 e. The largest absolute Gasteiger partial charge is 0.353 e. The van der Waals surface area contributed by atoms with E-state index in [4.69, 9.17) is 0 Å². The van der Waals surface area contributed by atoms with Crippen LogP contribution in [0.15, 0.2) is 6.33 Å². The molecule has 0 spiro atoms. The Morgan fingerprint density at radius 1 is 1.29 bits per heavy atom. The lowest BCUT2D eigenvalue weighted by molar-refractivity contribution is -0.124. The van der Waals surface area contributed by atoms with Crippen molar-refractivity contribution in [3.63, 3.8) is 0 Å². The summed E-state index contributed by atoms with van der Waals surface area (Å²) in [6.07, 6.45) is 12.3. The summed E-state index contributed by atoms with van der Waals surface area (Å²) in [5.74, 6) is 2.67. The predicted molar refractivity (Wildman–Crippen MR) is 80.7 cm³/mol. The van der Waals surface area contributed by atoms with Crippen LogP contribution in [0.4, 0.5) is 0 Å². The molecule has 2 N–H and O–H groups in total. The molecule has 1 heterocycles. The van der Waals surface area contributed by atoms with E-state index in [1.165, 1.54) is 43.5 Å². The predicted octanol–water partition coefficient (Wildman–Crippen LogP) is 2.60. The first kappa shape index (κ1) is 13.4. The Morgan fingerprint density at radius 2 is 2.14 bits per heavy atom. The Balaban J connectivity index is 1.30. The second-order valence-electron chi connectivity index (χ2n) is 7.32. The van der Waals surface area contributed by atoms with Crippen LogP contribution in [-0.4, -0.2) is 21.9 Å². The van der Waals surface area contributed by atoms with Crippen LogP contribution < -0.4 is 5.32 Å². The zero-order valence-corrected chi connectivity index (χ0v) is 12.6. The minimum Gasteiger partial charge on any atom is -0.353 e. The molecule has 4 aliphatic rings. The zero-order chi connectivity index (χ0) is 14.2. The van der Waals surface area contributed by atoms with Gasteiger partial charge in [-0.3, -0.25) is 4.79 Å². The second kappa shape index (κ2) is 5.47. The van der Waals surface area contributed by atoms with Crippen molar-refractivity contribution in [3.05, 3.63) is 17.7 Å². The monoisotopic (exact) mass is 287 g/mol. The van der Waals surface area contributed by atoms with Gasteiger partial charge in [-0.1, -0.05) is 12.8 Å². The SMILES string of the molecule is O=C(C[C@H]1CC2CCC1CC2)NC1CCc2nc[nH]c2C1. The van der Waals surface area contributed by atoms with E-state index >= 15 is 0 Å². The fraction of sp³-hybridized carbons (Fsp3) is 0.765. The Kier molecular flexibility index (Phi) is 3.48. The lowest BCUT2D eigenvalue weighted by Gasteiger charge is -2.42. The normalized spacial score (nSPS) is 34.5. The number of amides is 1. The van der Waals surface area contributed by atoms with E-state index in [0.29, 0.717) is 12.0 Å². The highest BCUT2D eigenvalue weighted by Gasteiger charge is 2.36. The van der Waals surface area contributed by atoms with Crippen LogP contribution in [0.3, 0.4) is 0 Å². The Bertz CT molecular complexity index is 516. The third kappa shape index (κ3) is 2.72. The molecule has 21 heavy (non-hydrogen) atoms. The average Bonchev–Trinajstić information content (AvgIpc) is 2.96. The summed E-state index contributed by atoms with van der Waals surface area (Å²) in [6, 6.07) is 0.297. The first-order valence-electron chi connectivity index (χ1n) is 8.58. The number of hydrogen-bond donors (Lipinski definition) is 2. The van der Waals surface area contributed by atoms with Gasteiger partial charge in [0.05, 0.1) is 12.0 Å². The van der Waals surface area contributed by atoms with Crippen LogP contribution in [-0.2, 0) is 17.6 Å². The summed E-state index contributed by atoms with van der Waals surface area (Å²) in [5, 5.41) is 3.27. The quantitative estimate of drug-likeness (QED) is 0.898. The molecule has 0 radical (unpaired) electrons. The number of imidazole rings is 1. The second-order valence-corrected chi connectivity index (χ2v) is 7.32. The fourth-order valence-corrected chi connectivity index (χ4v) is 4.81. The number of aromatic amines is 1. The molecule has 3 saturated carbocycles. The lowest BCUT2D eigenvalue weighted by atomic mass is 9.64. The Labute approximate surface area is 126 Å². The highest BCUT2D eigenvalue weighted by atomic mass is 16.1. The van der Waals surface area contributed by atoms with Gasteiger partial charge in [0.2, 0.25) is 5.91 Å². The van der Waals surface area contributed by atoms with Crippen molar-refractivity contribution < 1.29 is 4.79 Å². The van der Waals surface area contributed by atoms with Crippen molar-refractivity contribution in [1.82, 2.24) is 15.3 Å². The van der Waals surface area contributed by atoms with Crippen LogP contribution in [0, 0.1) is 17.8 Å². The van der Waals surface area contributed by atoms with E-state index in [2.05, 4.69) is 15.3 Å². The molecule has 4 aliphatic carbocycles. The molecule has 4 nitrogen and oxygen atoms in total. The number of aryl methyl sites for hydroxylation is 1. The molecule has 2 bridgehead atoms. The molecule has 1 unspecified atom stereocenters. The average molecular weight is 287 g/mol. The van der Waals surface area contributed by atoms with Crippen molar-refractivity contribution in [2.75, 3.05) is 0 Å². The molecule has 1 amide bonds. The molecule has 5 rings (SSSR count). The van der Waals surface area contributed by atoms with E-state index in [9.17, 15) is 4.79 Å². The van der Waals surface area contributed by atoms with Crippen molar-refractivity contribution in [1.29, 1.82) is 0 Å². The number of fused-ring (bicyclic) bond motifs is 4. The maximum atomic E-state index is 12.4. The number of nitrogens with zero attached hydrogens (tertiary/aromatic N) is 1. The first-order chi connectivity index (χ1) is 10.3. The lowest BCUT2D eigenvalue weighted by Crippen LogP contribution is -2.41. The van der Waals surface area contributed by atoms with Crippen LogP contribution in [0.5, 0.6) is 0 Å². The number of rotatable bonds is 3. The van der Waals surface area contributed by atoms with Crippen LogP contribution >= 0.6 is 0 Å². The summed E-state index contributed by atoms with van der Waals surface area (Å²) in [4.78, 5) is 19.9. The van der Waals surface area contributed by atoms with Crippen molar-refractivity contribution in [2.24, 2.45) is 17.8 Å². The van der Waals surface area contributed by atoms with Gasteiger partial charge in [0.25, 0.3) is 0 Å². The van der Waals surface area contributed by atoms with E-state index in [1.54, 1.807) is 6.33 Å². The maximum absolute atomic E-state index is 12.4. The van der Waals surface area contributed by atoms with E-state index in [0.717, 1.165) is 37.5 Å². The van der Waals surface area contributed by atoms with E-state index < -0.39 is 0 Å². The molecule has 0 saturated heterocycles. The first-order valence-corrected chi connectivity index (χ1v) is 8.58. The summed E-state index contributed by atoms with van der Waals surface area (Å²) in [6.45, 7) is 0. The van der Waals surface area contributed by atoms with Crippen molar-refractivity contribution in [2.45, 2.75) is 63.8 Å². The van der Waals surface area contributed by atoms with Gasteiger partial charge >= 0.3 is 0 Å². The van der Waals surface area contributed by atoms with E-state index in [-0.39, 0.29) is 5.91 Å². The molecule has 114 valence electrons. The minimum atomic E-state index is 0.278. The third-order valence-electron chi connectivity index (χ3n) is 5.99. The van der Waals surface area contributed by atoms with Crippen LogP contribution in [0.25, 0.3) is 0 Å². The number of H-pyrrole nitrogens is 1. The number of aromatic nitrogens is 2. The molecule has 0 aliphatic heterocycles. The zero-order valence-electron chi connectivity index (χ0n) is 12.6. The molecule has 3 fully saturated rings. The molecule has 4 heteroatoms. The standard InChI is InChI=1S/C17H25N3O/c21-17(8-13-7-11-1-3-12(13)4-2-11)20-14-5-6-15-16(9-14)19-10-18-15/h10-14H,1-9H2,(H,18,19)(H,20,21)/t11?,12?,13-,14?/m1/s1. The number of carbonyl (C=O) groups is 1. The van der Waals surface area contributed by atoms with Crippen molar-refractivity contribution in [3.8, 4) is 0 Å². The smallest absolute Gasteiger partial charge is 0.220 e. The van der Waals surface area contributed by atoms with Gasteiger partial charge in [0.1, 0.15) is 0 Å². The van der Waals surface area contributed by atoms with Gasteiger partial charge < -0.3 is 10.3 Å². The fourth-order valence-electron chi connectivity index (χ4n) is 4.81. The molecule has 0 aromatic carbocycles. The van der Waals surface area contributed by atoms with Gasteiger partial charge in [-0.05, 0) is 49.9 Å². The Hall–Kier alpha value is -1.32. The topological polar surface area (TPSA) is 57.8 Å². The van der Waals surface area contributed by atoms with Gasteiger partial charge in [0.15, 0.2) is 0 Å². The highest BCUT2D eigenvalue weighted by Crippen LogP contribution is 2.46. The summed E-state index contributed by atoms with van der Waals surface area (Å²) in [5.41, 5.74) is 2.40. The van der Waals surface area contributed by atoms with Crippen LogP contribution in [0.1, 0.15) is 56.3 Å². The summed E-state index contributed by atoms with van der Waals surface area (Å²) < 4.78 is 0. The Morgan fingerprint density at radius 3 is 2.90 bits per heavy atom. The minimum absolute atomic E-state index is 0.278. The molecule has 1 aromatic heterocycles. The van der Waals surface area contributed by atoms with E-state index in [1.807, 2.05) is 0 Å². The molecule has 1 aromatic rings. The third-order valence-corrected chi connectivity index (χ3v) is 5.99. The van der Waals surface area contributed by atoms with Crippen LogP contribution in [0.2, 0.25) is 0 Å². The number of hydrogen-bond acceptors (Lipinski definition) is 2. The highest BCUT2D eigenvalue weighted by molar-refractivity contribution is 5.76. The van der Waals surface area contributed by atoms with Gasteiger partial charge in [-0.15, -0.1) is 0 Å². The number of nitrogens with one attached hydrogen (secondary N) is 2. The number of carbonyl (C=O) groups excluding carboxylic acids is 1. The van der Waals surface area contributed by atoms with Gasteiger partial charge in [0, 0.05) is 24.6 Å². The molecule has 2 atom stereocenters.